The van der Waals surface area contributed by atoms with Crippen LogP contribution in [0.15, 0.2) is 0 Å². The Hall–Kier alpha value is -0.120. The van der Waals surface area contributed by atoms with Gasteiger partial charge in [-0.1, -0.05) is 0 Å². The van der Waals surface area contributed by atoms with E-state index < -0.39 is 0 Å². The minimum Gasteiger partial charge on any atom is -0.377 e. The van der Waals surface area contributed by atoms with Crippen LogP contribution in [0.25, 0.3) is 0 Å². The molecule has 0 unspecified atom stereocenters. The normalized spacial score (nSPS) is 19.6. The maximum atomic E-state index is 6.17. The monoisotopic (exact) mass is 214 g/mol. The van der Waals surface area contributed by atoms with E-state index >= 15 is 0 Å². The van der Waals surface area contributed by atoms with Crippen molar-refractivity contribution in [2.75, 3.05) is 26.7 Å². The second-order valence-electron chi connectivity index (χ2n) is 5.19. The van der Waals surface area contributed by atoms with Gasteiger partial charge in [0.05, 0.1) is 12.7 Å². The Bertz CT molecular complexity index is 178. The van der Waals surface area contributed by atoms with Crippen molar-refractivity contribution in [2.24, 2.45) is 5.73 Å². The molecule has 0 aromatic rings. The summed E-state index contributed by atoms with van der Waals surface area (Å²) in [5, 5.41) is 0. The van der Waals surface area contributed by atoms with E-state index in [4.69, 9.17) is 10.5 Å². The molecule has 3 heteroatoms. The van der Waals surface area contributed by atoms with Crippen LogP contribution in [0, 0.1) is 0 Å². The quantitative estimate of drug-likeness (QED) is 0.700. The molecule has 3 nitrogen and oxygen atoms in total. The Morgan fingerprint density at radius 2 is 2.00 bits per heavy atom. The molecule has 1 aliphatic rings. The number of rotatable bonds is 7. The number of ether oxygens (including phenoxy) is 1. The summed E-state index contributed by atoms with van der Waals surface area (Å²) in [6.07, 6.45) is 5.21. The van der Waals surface area contributed by atoms with Gasteiger partial charge in [0, 0.05) is 12.1 Å². The fourth-order valence-corrected chi connectivity index (χ4v) is 1.85. The maximum Gasteiger partial charge on any atom is 0.0596 e. The van der Waals surface area contributed by atoms with Gasteiger partial charge in [0.1, 0.15) is 0 Å². The van der Waals surface area contributed by atoms with Gasteiger partial charge in [-0.05, 0) is 53.1 Å². The van der Waals surface area contributed by atoms with E-state index in [0.29, 0.717) is 6.10 Å². The average molecular weight is 214 g/mol. The van der Waals surface area contributed by atoms with E-state index in [2.05, 4.69) is 25.8 Å². The highest BCUT2D eigenvalue weighted by Gasteiger charge is 2.31. The van der Waals surface area contributed by atoms with Gasteiger partial charge in [-0.15, -0.1) is 0 Å². The molecule has 1 saturated carbocycles. The van der Waals surface area contributed by atoms with E-state index in [0.717, 1.165) is 26.1 Å². The molecule has 2 N–H and O–H groups in total. The molecule has 0 atom stereocenters. The molecule has 0 aromatic carbocycles. The van der Waals surface area contributed by atoms with Crippen molar-refractivity contribution in [3.63, 3.8) is 0 Å². The Labute approximate surface area is 94.0 Å². The molecule has 0 aromatic heterocycles. The van der Waals surface area contributed by atoms with Crippen molar-refractivity contribution >= 4 is 0 Å². The molecule has 0 spiro atoms. The molecule has 1 rings (SSSR count). The highest BCUT2D eigenvalue weighted by Crippen LogP contribution is 2.31. The fraction of sp³-hybridized carbons (Fsp3) is 1.00. The van der Waals surface area contributed by atoms with Crippen molar-refractivity contribution < 1.29 is 4.74 Å². The number of nitrogens with two attached hydrogens (primary N) is 1. The molecule has 90 valence electrons. The molecule has 0 radical (unpaired) electrons. The van der Waals surface area contributed by atoms with Crippen molar-refractivity contribution in [2.45, 2.75) is 51.2 Å². The van der Waals surface area contributed by atoms with Crippen LogP contribution in [0.1, 0.15) is 39.5 Å². The summed E-state index contributed by atoms with van der Waals surface area (Å²) in [5.74, 6) is 0. The van der Waals surface area contributed by atoms with Crippen LogP contribution in [0.5, 0.6) is 0 Å². The largest absolute Gasteiger partial charge is 0.377 e. The molecule has 0 amide bonds. The van der Waals surface area contributed by atoms with E-state index in [1.54, 1.807) is 0 Å². The first-order chi connectivity index (χ1) is 7.02. The van der Waals surface area contributed by atoms with Crippen LogP contribution in [0.4, 0.5) is 0 Å². The zero-order valence-electron chi connectivity index (χ0n) is 10.5. The fourth-order valence-electron chi connectivity index (χ4n) is 1.85. The average Bonchev–Trinajstić information content (AvgIpc) is 2.11. The summed E-state index contributed by atoms with van der Waals surface area (Å²) in [6, 6.07) is 0. The summed E-state index contributed by atoms with van der Waals surface area (Å²) in [7, 11) is 2.14. The van der Waals surface area contributed by atoms with Crippen molar-refractivity contribution in [1.29, 1.82) is 0 Å². The van der Waals surface area contributed by atoms with Gasteiger partial charge in [-0.25, -0.2) is 0 Å². The zero-order valence-corrected chi connectivity index (χ0v) is 10.5. The lowest BCUT2D eigenvalue weighted by molar-refractivity contribution is 0.0612. The Morgan fingerprint density at radius 3 is 2.47 bits per heavy atom. The lowest BCUT2D eigenvalue weighted by Gasteiger charge is -2.39. The summed E-state index contributed by atoms with van der Waals surface area (Å²) < 4.78 is 5.51. The Balaban J connectivity index is 2.00. The van der Waals surface area contributed by atoms with E-state index in [1.165, 1.54) is 19.3 Å². The topological polar surface area (TPSA) is 38.5 Å². The van der Waals surface area contributed by atoms with Gasteiger partial charge < -0.3 is 15.4 Å². The molecule has 0 saturated heterocycles. The second-order valence-corrected chi connectivity index (χ2v) is 5.19. The van der Waals surface area contributed by atoms with Gasteiger partial charge in [-0.3, -0.25) is 0 Å². The van der Waals surface area contributed by atoms with Gasteiger partial charge in [0.25, 0.3) is 0 Å². The van der Waals surface area contributed by atoms with E-state index in [9.17, 15) is 0 Å². The predicted molar refractivity (Wildman–Crippen MR) is 64.0 cm³/mol. The van der Waals surface area contributed by atoms with E-state index in [-0.39, 0.29) is 5.54 Å². The van der Waals surface area contributed by atoms with Crippen LogP contribution in [0.3, 0.4) is 0 Å². The lowest BCUT2D eigenvalue weighted by atomic mass is 9.75. The first-order valence-electron chi connectivity index (χ1n) is 6.11. The maximum absolute atomic E-state index is 6.17. The third-order valence-electron chi connectivity index (χ3n) is 3.26. The van der Waals surface area contributed by atoms with Crippen LogP contribution >= 0.6 is 0 Å². The Morgan fingerprint density at radius 1 is 1.33 bits per heavy atom. The number of hydrogen-bond acceptors (Lipinski definition) is 3. The van der Waals surface area contributed by atoms with Gasteiger partial charge >= 0.3 is 0 Å². The molecule has 1 fully saturated rings. The minimum absolute atomic E-state index is 0.160. The van der Waals surface area contributed by atoms with Gasteiger partial charge in [0.15, 0.2) is 0 Å². The van der Waals surface area contributed by atoms with Crippen LogP contribution in [0.2, 0.25) is 0 Å². The Kier molecular flexibility index (Phi) is 5.03. The van der Waals surface area contributed by atoms with Crippen molar-refractivity contribution in [1.82, 2.24) is 4.90 Å². The standard InChI is InChI=1S/C12H26N2O/c1-11(2)15-10-9-14(3)8-7-12(13)5-4-6-12/h11H,4-10,13H2,1-3H3. The first-order valence-corrected chi connectivity index (χ1v) is 6.11. The van der Waals surface area contributed by atoms with E-state index in [1.807, 2.05) is 0 Å². The molecular formula is C12H26N2O. The molecule has 15 heavy (non-hydrogen) atoms. The number of likely N-dealkylation sites (N-methyl/N-ethyl adjacent to an activating group) is 1. The second kappa shape index (κ2) is 5.83. The minimum atomic E-state index is 0.160. The van der Waals surface area contributed by atoms with Crippen LogP contribution in [-0.2, 0) is 4.74 Å². The highest BCUT2D eigenvalue weighted by atomic mass is 16.5. The SMILES string of the molecule is CC(C)OCCN(C)CCC1(N)CCC1. The third-order valence-corrected chi connectivity index (χ3v) is 3.26. The zero-order chi connectivity index (χ0) is 11.3. The summed E-state index contributed by atoms with van der Waals surface area (Å²) in [4.78, 5) is 2.31. The van der Waals surface area contributed by atoms with Gasteiger partial charge in [-0.2, -0.15) is 0 Å². The summed E-state index contributed by atoms with van der Waals surface area (Å²) in [6.45, 7) is 7.07. The molecule has 0 aliphatic heterocycles. The predicted octanol–water partition coefficient (Wildman–Crippen LogP) is 1.61. The molecule has 1 aliphatic carbocycles. The van der Waals surface area contributed by atoms with Gasteiger partial charge in [0.2, 0.25) is 0 Å². The number of nitrogens with zero attached hydrogens (tertiary/aromatic N) is 1. The van der Waals surface area contributed by atoms with Crippen molar-refractivity contribution in [3.8, 4) is 0 Å². The first kappa shape index (κ1) is 12.9. The lowest BCUT2D eigenvalue weighted by Crippen LogP contribution is -2.48. The highest BCUT2D eigenvalue weighted by molar-refractivity contribution is 4.92. The molecular weight excluding hydrogens is 188 g/mol. The third kappa shape index (κ3) is 4.96. The van der Waals surface area contributed by atoms with Crippen LogP contribution in [-0.4, -0.2) is 43.3 Å². The molecule has 0 heterocycles. The van der Waals surface area contributed by atoms with Crippen LogP contribution < -0.4 is 5.73 Å². The number of hydrogen-bond donors (Lipinski definition) is 1. The smallest absolute Gasteiger partial charge is 0.0596 e. The summed E-state index contributed by atoms with van der Waals surface area (Å²) >= 11 is 0. The summed E-state index contributed by atoms with van der Waals surface area (Å²) in [5.41, 5.74) is 6.33. The molecule has 0 bridgehead atoms. The van der Waals surface area contributed by atoms with Crippen molar-refractivity contribution in [3.05, 3.63) is 0 Å².